The molecule has 1 N–H and O–H groups in total. The summed E-state index contributed by atoms with van der Waals surface area (Å²) in [4.78, 5) is 20.1. The number of hydrogen-bond acceptors (Lipinski definition) is 6. The van der Waals surface area contributed by atoms with Gasteiger partial charge in [0.2, 0.25) is 11.8 Å². The molecule has 7 nitrogen and oxygen atoms in total. The normalized spacial score (nSPS) is 21.1. The predicted molar refractivity (Wildman–Crippen MR) is 109 cm³/mol. The fourth-order valence-corrected chi connectivity index (χ4v) is 4.30. The van der Waals surface area contributed by atoms with Crippen LogP contribution in [0.3, 0.4) is 0 Å². The van der Waals surface area contributed by atoms with Gasteiger partial charge in [0, 0.05) is 32.1 Å². The lowest BCUT2D eigenvalue weighted by Crippen LogP contribution is -2.64. The average molecular weight is 399 g/mol. The van der Waals surface area contributed by atoms with Gasteiger partial charge in [0.25, 0.3) is 0 Å². The number of nitrogens with one attached hydrogen (secondary N) is 1. The first-order chi connectivity index (χ1) is 14.0. The summed E-state index contributed by atoms with van der Waals surface area (Å²) >= 11 is 0. The summed E-state index contributed by atoms with van der Waals surface area (Å²) in [6.07, 6.45) is 2.65. The molecule has 0 bridgehead atoms. The number of hydrogen-bond donors (Lipinski definition) is 1. The molecular weight excluding hydrogens is 368 g/mol. The zero-order valence-electron chi connectivity index (χ0n) is 17.5. The van der Waals surface area contributed by atoms with Gasteiger partial charge in [-0.05, 0) is 37.0 Å². The van der Waals surface area contributed by atoms with Gasteiger partial charge in [0.1, 0.15) is 5.75 Å². The number of methoxy groups -OCH3 is 1. The van der Waals surface area contributed by atoms with Crippen molar-refractivity contribution in [1.29, 1.82) is 0 Å². The minimum Gasteiger partial charge on any atom is -0.497 e. The minimum atomic E-state index is -0.383. The van der Waals surface area contributed by atoms with E-state index in [-0.39, 0.29) is 23.2 Å². The number of carbonyl (C=O) groups excluding carboxylic acids is 1. The Morgan fingerprint density at radius 1 is 1.41 bits per heavy atom. The number of benzene rings is 1. The third-order valence-electron chi connectivity index (χ3n) is 6.09. The molecule has 4 rings (SSSR count). The van der Waals surface area contributed by atoms with E-state index < -0.39 is 0 Å². The molecule has 0 aliphatic carbocycles. The Bertz CT molecular complexity index is 859. The van der Waals surface area contributed by atoms with Crippen molar-refractivity contribution < 1.29 is 14.1 Å². The SMILES string of the molecule is COc1cccc(CC2(C(=O)N3CCCC(c4nc(C(C)C)no4)C3)CNC2)c1. The zero-order chi connectivity index (χ0) is 20.4. The lowest BCUT2D eigenvalue weighted by Gasteiger charge is -2.46. The maximum Gasteiger partial charge on any atom is 0.231 e. The molecule has 2 aliphatic heterocycles. The number of aromatic nitrogens is 2. The van der Waals surface area contributed by atoms with Crippen LogP contribution in [0.25, 0.3) is 0 Å². The largest absolute Gasteiger partial charge is 0.497 e. The summed E-state index contributed by atoms with van der Waals surface area (Å²) in [6.45, 7) is 6.97. The van der Waals surface area contributed by atoms with Crippen molar-refractivity contribution >= 4 is 5.91 Å². The summed E-state index contributed by atoms with van der Waals surface area (Å²) < 4.78 is 10.9. The van der Waals surface area contributed by atoms with Crippen LogP contribution in [0.1, 0.15) is 55.8 Å². The van der Waals surface area contributed by atoms with E-state index in [0.29, 0.717) is 25.5 Å². The van der Waals surface area contributed by atoms with Gasteiger partial charge in [-0.15, -0.1) is 0 Å². The van der Waals surface area contributed by atoms with Crippen molar-refractivity contribution in [2.45, 2.75) is 44.9 Å². The second-order valence-corrected chi connectivity index (χ2v) is 8.65. The highest BCUT2D eigenvalue weighted by molar-refractivity contribution is 5.85. The Kier molecular flexibility index (Phi) is 5.58. The van der Waals surface area contributed by atoms with Crippen molar-refractivity contribution in [2.24, 2.45) is 5.41 Å². The van der Waals surface area contributed by atoms with E-state index in [4.69, 9.17) is 9.26 Å². The molecule has 1 amide bonds. The monoisotopic (exact) mass is 398 g/mol. The molecule has 7 heteroatoms. The van der Waals surface area contributed by atoms with Gasteiger partial charge in [0.15, 0.2) is 5.82 Å². The number of likely N-dealkylation sites (tertiary alicyclic amines) is 1. The second kappa shape index (κ2) is 8.14. The highest BCUT2D eigenvalue weighted by atomic mass is 16.5. The number of piperidine rings is 1. The quantitative estimate of drug-likeness (QED) is 0.806. The molecule has 0 radical (unpaired) electrons. The van der Waals surface area contributed by atoms with E-state index in [1.54, 1.807) is 7.11 Å². The summed E-state index contributed by atoms with van der Waals surface area (Å²) in [5.41, 5.74) is 0.748. The molecule has 0 saturated carbocycles. The molecule has 1 aromatic carbocycles. The molecule has 2 fully saturated rings. The Balaban J connectivity index is 1.47. The van der Waals surface area contributed by atoms with Gasteiger partial charge >= 0.3 is 0 Å². The summed E-state index contributed by atoms with van der Waals surface area (Å²) in [7, 11) is 1.67. The summed E-state index contributed by atoms with van der Waals surface area (Å²) in [5.74, 6) is 2.82. The fourth-order valence-electron chi connectivity index (χ4n) is 4.30. The molecule has 1 atom stereocenters. The second-order valence-electron chi connectivity index (χ2n) is 8.65. The number of carbonyl (C=O) groups is 1. The summed E-state index contributed by atoms with van der Waals surface area (Å²) in [5, 5.41) is 7.41. The van der Waals surface area contributed by atoms with E-state index in [1.807, 2.05) is 23.1 Å². The van der Waals surface area contributed by atoms with Gasteiger partial charge < -0.3 is 19.5 Å². The van der Waals surface area contributed by atoms with Gasteiger partial charge in [0.05, 0.1) is 18.4 Å². The number of amides is 1. The van der Waals surface area contributed by atoms with Crippen molar-refractivity contribution in [3.8, 4) is 5.75 Å². The Morgan fingerprint density at radius 2 is 2.24 bits per heavy atom. The lowest BCUT2D eigenvalue weighted by molar-refractivity contribution is -0.146. The average Bonchev–Trinajstić information content (AvgIpc) is 3.21. The van der Waals surface area contributed by atoms with Crippen molar-refractivity contribution in [1.82, 2.24) is 20.4 Å². The Hall–Kier alpha value is -2.41. The van der Waals surface area contributed by atoms with E-state index in [1.165, 1.54) is 0 Å². The van der Waals surface area contributed by atoms with Gasteiger partial charge in [-0.25, -0.2) is 0 Å². The molecule has 2 aliphatic rings. The van der Waals surface area contributed by atoms with E-state index in [0.717, 1.165) is 42.9 Å². The van der Waals surface area contributed by atoms with E-state index in [9.17, 15) is 4.79 Å². The van der Waals surface area contributed by atoms with Crippen LogP contribution in [0.4, 0.5) is 0 Å². The highest BCUT2D eigenvalue weighted by Crippen LogP contribution is 2.34. The number of rotatable bonds is 6. The molecule has 3 heterocycles. The number of nitrogens with zero attached hydrogens (tertiary/aromatic N) is 3. The van der Waals surface area contributed by atoms with Crippen molar-refractivity contribution in [3.63, 3.8) is 0 Å². The molecule has 29 heavy (non-hydrogen) atoms. The molecule has 1 unspecified atom stereocenters. The first-order valence-electron chi connectivity index (χ1n) is 10.5. The van der Waals surface area contributed by atoms with Gasteiger partial charge in [-0.3, -0.25) is 4.79 Å². The molecular formula is C22H30N4O3. The van der Waals surface area contributed by atoms with Crippen molar-refractivity contribution in [3.05, 3.63) is 41.5 Å². The summed E-state index contributed by atoms with van der Waals surface area (Å²) in [6, 6.07) is 8.01. The maximum absolute atomic E-state index is 13.5. The van der Waals surface area contributed by atoms with Crippen molar-refractivity contribution in [2.75, 3.05) is 33.3 Å². The third-order valence-corrected chi connectivity index (χ3v) is 6.09. The first-order valence-corrected chi connectivity index (χ1v) is 10.5. The Labute approximate surface area is 171 Å². The van der Waals surface area contributed by atoms with Crippen LogP contribution in [0.2, 0.25) is 0 Å². The van der Waals surface area contributed by atoms with Crippen LogP contribution >= 0.6 is 0 Å². The molecule has 0 spiro atoms. The first kappa shape index (κ1) is 19.9. The zero-order valence-corrected chi connectivity index (χ0v) is 17.5. The van der Waals surface area contributed by atoms with Crippen LogP contribution in [0.15, 0.2) is 28.8 Å². The third kappa shape index (κ3) is 4.01. The lowest BCUT2D eigenvalue weighted by atomic mass is 9.74. The minimum absolute atomic E-state index is 0.120. The van der Waals surface area contributed by atoms with Crippen LogP contribution in [-0.4, -0.2) is 54.2 Å². The standard InChI is InChI=1S/C22H30N4O3/c1-15(2)19-24-20(29-25-19)17-7-5-9-26(12-17)21(27)22(13-23-14-22)11-16-6-4-8-18(10-16)28-3/h4,6,8,10,15,17,23H,5,7,9,11-14H2,1-3H3. The molecule has 1 aromatic heterocycles. The number of ether oxygens (including phenoxy) is 1. The van der Waals surface area contributed by atoms with Crippen LogP contribution < -0.4 is 10.1 Å². The topological polar surface area (TPSA) is 80.5 Å². The Morgan fingerprint density at radius 3 is 2.90 bits per heavy atom. The van der Waals surface area contributed by atoms with Crippen LogP contribution in [-0.2, 0) is 11.2 Å². The van der Waals surface area contributed by atoms with E-state index >= 15 is 0 Å². The van der Waals surface area contributed by atoms with Crippen LogP contribution in [0, 0.1) is 5.41 Å². The highest BCUT2D eigenvalue weighted by Gasteiger charge is 2.47. The van der Waals surface area contributed by atoms with Gasteiger partial charge in [-0.1, -0.05) is 31.1 Å². The maximum atomic E-state index is 13.5. The molecule has 156 valence electrons. The fraction of sp³-hybridized carbons (Fsp3) is 0.591. The smallest absolute Gasteiger partial charge is 0.231 e. The molecule has 2 saturated heterocycles. The van der Waals surface area contributed by atoms with Crippen LogP contribution in [0.5, 0.6) is 5.75 Å². The molecule has 2 aromatic rings. The van der Waals surface area contributed by atoms with E-state index in [2.05, 4.69) is 35.4 Å². The predicted octanol–water partition coefficient (Wildman–Crippen LogP) is 2.74. The van der Waals surface area contributed by atoms with Gasteiger partial charge in [-0.2, -0.15) is 4.98 Å².